The van der Waals surface area contributed by atoms with Crippen molar-refractivity contribution in [3.63, 3.8) is 0 Å². The zero-order chi connectivity index (χ0) is 27.8. The number of aliphatic hydroxyl groups excluding tert-OH is 1. The summed E-state index contributed by atoms with van der Waals surface area (Å²) in [6.07, 6.45) is 0.0645. The Morgan fingerprint density at radius 3 is 2.29 bits per heavy atom. The highest BCUT2D eigenvalue weighted by Crippen LogP contribution is 2.43. The first-order valence-corrected chi connectivity index (χ1v) is 12.3. The fourth-order valence-electron chi connectivity index (χ4n) is 4.61. The van der Waals surface area contributed by atoms with Crippen molar-refractivity contribution in [2.45, 2.75) is 45.6 Å². The molecule has 1 amide bonds. The molecule has 0 saturated carbocycles. The first-order valence-electron chi connectivity index (χ1n) is 12.3. The minimum absolute atomic E-state index is 0.0348. The topological polar surface area (TPSA) is 104 Å². The standard InChI is InChI=1S/C31H31NO6/c1-18-9-12-21(31(2,3)4)17-24(18)28(35)26-27(20-7-6-8-23(33)16-20)32(30(37)29(26)36)22-13-10-19(11-14-22)15-25(34)38-5/h6-14,16-17,27,33,35H,15H2,1-5H3/b28-26+. The summed E-state index contributed by atoms with van der Waals surface area (Å²) in [5.41, 5.74) is 3.48. The molecule has 0 spiro atoms. The molecule has 0 radical (unpaired) electrons. The number of hydrogen-bond donors (Lipinski definition) is 2. The van der Waals surface area contributed by atoms with Gasteiger partial charge in [0.15, 0.2) is 0 Å². The van der Waals surface area contributed by atoms with Crippen LogP contribution in [0, 0.1) is 6.92 Å². The second-order valence-electron chi connectivity index (χ2n) is 10.5. The van der Waals surface area contributed by atoms with E-state index in [0.29, 0.717) is 22.4 Å². The van der Waals surface area contributed by atoms with Gasteiger partial charge in [-0.2, -0.15) is 0 Å². The molecule has 1 saturated heterocycles. The predicted molar refractivity (Wildman–Crippen MR) is 145 cm³/mol. The molecule has 1 unspecified atom stereocenters. The number of phenolic OH excluding ortho intramolecular Hbond substituents is 1. The molecule has 1 fully saturated rings. The zero-order valence-electron chi connectivity index (χ0n) is 22.1. The number of rotatable bonds is 5. The van der Waals surface area contributed by atoms with E-state index < -0.39 is 23.7 Å². The normalized spacial score (nSPS) is 17.1. The highest BCUT2D eigenvalue weighted by molar-refractivity contribution is 6.51. The molecule has 2 N–H and O–H groups in total. The van der Waals surface area contributed by atoms with E-state index in [-0.39, 0.29) is 28.9 Å². The van der Waals surface area contributed by atoms with Crippen LogP contribution in [0.5, 0.6) is 5.75 Å². The van der Waals surface area contributed by atoms with E-state index in [9.17, 15) is 24.6 Å². The van der Waals surface area contributed by atoms with E-state index in [1.165, 1.54) is 24.1 Å². The summed E-state index contributed by atoms with van der Waals surface area (Å²) in [6, 6.07) is 17.7. The molecule has 7 heteroatoms. The van der Waals surface area contributed by atoms with Crippen molar-refractivity contribution < 1.29 is 29.3 Å². The number of benzene rings is 3. The Labute approximate surface area is 222 Å². The lowest BCUT2D eigenvalue weighted by molar-refractivity contribution is -0.139. The Morgan fingerprint density at radius 2 is 1.68 bits per heavy atom. The number of amides is 1. The van der Waals surface area contributed by atoms with E-state index >= 15 is 0 Å². The highest BCUT2D eigenvalue weighted by atomic mass is 16.5. The summed E-state index contributed by atoms with van der Waals surface area (Å²) in [6.45, 7) is 7.99. The molecule has 0 bridgehead atoms. The van der Waals surface area contributed by atoms with E-state index in [1.54, 1.807) is 36.4 Å². The van der Waals surface area contributed by atoms with Crippen molar-refractivity contribution in [2.75, 3.05) is 12.0 Å². The second-order valence-corrected chi connectivity index (χ2v) is 10.5. The number of ketones is 1. The van der Waals surface area contributed by atoms with Gasteiger partial charge in [-0.25, -0.2) is 0 Å². The highest BCUT2D eigenvalue weighted by Gasteiger charge is 2.47. The maximum atomic E-state index is 13.5. The number of aromatic hydroxyl groups is 1. The van der Waals surface area contributed by atoms with Crippen LogP contribution in [0.2, 0.25) is 0 Å². The largest absolute Gasteiger partial charge is 0.508 e. The first kappa shape index (κ1) is 26.7. The van der Waals surface area contributed by atoms with E-state index in [1.807, 2.05) is 25.1 Å². The van der Waals surface area contributed by atoms with E-state index in [4.69, 9.17) is 4.74 Å². The number of phenols is 1. The molecule has 3 aromatic carbocycles. The molecule has 0 aliphatic carbocycles. The van der Waals surface area contributed by atoms with Gasteiger partial charge >= 0.3 is 5.97 Å². The van der Waals surface area contributed by atoms with Crippen LogP contribution >= 0.6 is 0 Å². The summed E-state index contributed by atoms with van der Waals surface area (Å²) >= 11 is 0. The van der Waals surface area contributed by atoms with Gasteiger partial charge in [-0.1, -0.05) is 57.2 Å². The van der Waals surface area contributed by atoms with Crippen LogP contribution in [0.4, 0.5) is 5.69 Å². The van der Waals surface area contributed by atoms with Gasteiger partial charge in [-0.3, -0.25) is 19.3 Å². The maximum Gasteiger partial charge on any atom is 0.309 e. The van der Waals surface area contributed by atoms with Crippen LogP contribution in [0.3, 0.4) is 0 Å². The average molecular weight is 514 g/mol. The van der Waals surface area contributed by atoms with Crippen molar-refractivity contribution in [1.82, 2.24) is 0 Å². The Balaban J connectivity index is 1.90. The van der Waals surface area contributed by atoms with Crippen LogP contribution < -0.4 is 4.90 Å². The van der Waals surface area contributed by atoms with Crippen LogP contribution in [-0.2, 0) is 31.0 Å². The number of carbonyl (C=O) groups is 3. The lowest BCUT2D eigenvalue weighted by Gasteiger charge is -2.26. The zero-order valence-corrected chi connectivity index (χ0v) is 22.1. The molecule has 3 aromatic rings. The summed E-state index contributed by atoms with van der Waals surface area (Å²) < 4.78 is 4.72. The number of ether oxygens (including phenoxy) is 1. The van der Waals surface area contributed by atoms with Gasteiger partial charge in [0, 0.05) is 11.3 Å². The third-order valence-corrected chi connectivity index (χ3v) is 6.78. The minimum Gasteiger partial charge on any atom is -0.508 e. The number of methoxy groups -OCH3 is 1. The van der Waals surface area contributed by atoms with E-state index in [0.717, 1.165) is 11.1 Å². The van der Waals surface area contributed by atoms with Crippen molar-refractivity contribution in [1.29, 1.82) is 0 Å². The molecular weight excluding hydrogens is 482 g/mol. The van der Waals surface area contributed by atoms with Crippen molar-refractivity contribution >= 4 is 29.1 Å². The number of nitrogens with zero attached hydrogens (tertiary/aromatic N) is 1. The second kappa shape index (κ2) is 10.2. The van der Waals surface area contributed by atoms with E-state index in [2.05, 4.69) is 20.8 Å². The van der Waals surface area contributed by atoms with Crippen LogP contribution in [0.15, 0.2) is 72.3 Å². The maximum absolute atomic E-state index is 13.5. The minimum atomic E-state index is -0.980. The lowest BCUT2D eigenvalue weighted by Crippen LogP contribution is -2.29. The Hall–Kier alpha value is -4.39. The molecule has 4 rings (SSSR count). The van der Waals surface area contributed by atoms with Gasteiger partial charge in [0.1, 0.15) is 11.5 Å². The summed E-state index contributed by atoms with van der Waals surface area (Å²) in [7, 11) is 1.31. The molecule has 1 aliphatic heterocycles. The Bertz CT molecular complexity index is 1450. The van der Waals surface area contributed by atoms with Gasteiger partial charge in [-0.15, -0.1) is 0 Å². The molecule has 1 atom stereocenters. The quantitative estimate of drug-likeness (QED) is 0.207. The van der Waals surface area contributed by atoms with Gasteiger partial charge in [0.2, 0.25) is 0 Å². The first-order chi connectivity index (χ1) is 17.9. The van der Waals surface area contributed by atoms with Gasteiger partial charge < -0.3 is 14.9 Å². The van der Waals surface area contributed by atoms with Crippen molar-refractivity contribution in [2.24, 2.45) is 0 Å². The summed E-state index contributed by atoms with van der Waals surface area (Å²) in [4.78, 5) is 39.9. The third kappa shape index (κ3) is 5.05. The fourth-order valence-corrected chi connectivity index (χ4v) is 4.61. The summed E-state index contributed by atoms with van der Waals surface area (Å²) in [5, 5.41) is 21.8. The molecule has 196 valence electrons. The number of aliphatic hydroxyl groups is 1. The van der Waals surface area contributed by atoms with Crippen LogP contribution in [0.1, 0.15) is 54.6 Å². The fraction of sp³-hybridized carbons (Fsp3) is 0.258. The van der Waals surface area contributed by atoms with Crippen LogP contribution in [-0.4, -0.2) is 35.0 Å². The number of carbonyl (C=O) groups excluding carboxylic acids is 3. The lowest BCUT2D eigenvalue weighted by atomic mass is 9.84. The monoisotopic (exact) mass is 513 g/mol. The number of aryl methyl sites for hydroxylation is 1. The molecule has 0 aromatic heterocycles. The number of esters is 1. The summed E-state index contributed by atoms with van der Waals surface area (Å²) in [5.74, 6) is -2.33. The van der Waals surface area contributed by atoms with Crippen LogP contribution in [0.25, 0.3) is 5.76 Å². The number of hydrogen-bond acceptors (Lipinski definition) is 6. The Morgan fingerprint density at radius 1 is 1.00 bits per heavy atom. The number of anilines is 1. The van der Waals surface area contributed by atoms with Gasteiger partial charge in [0.05, 0.1) is 25.1 Å². The molecule has 7 nitrogen and oxygen atoms in total. The third-order valence-electron chi connectivity index (χ3n) is 6.78. The van der Waals surface area contributed by atoms with Gasteiger partial charge in [0.25, 0.3) is 11.7 Å². The predicted octanol–water partition coefficient (Wildman–Crippen LogP) is 5.34. The molecule has 38 heavy (non-hydrogen) atoms. The molecule has 1 heterocycles. The average Bonchev–Trinajstić information content (AvgIpc) is 3.14. The SMILES string of the molecule is COC(=O)Cc1ccc(N2C(=O)C(=O)/C(=C(/O)c3cc(C(C)(C)C)ccc3C)C2c2cccc(O)c2)cc1. The van der Waals surface area contributed by atoms with Crippen molar-refractivity contribution in [3.8, 4) is 5.75 Å². The smallest absolute Gasteiger partial charge is 0.309 e. The van der Waals surface area contributed by atoms with Crippen molar-refractivity contribution in [3.05, 3.63) is 100 Å². The molecule has 1 aliphatic rings. The number of Topliss-reactive ketones (excluding diaryl/α,β-unsaturated/α-hetero) is 1. The molecular formula is C31H31NO6. The van der Waals surface area contributed by atoms with Gasteiger partial charge in [-0.05, 0) is 64.9 Å². The Kier molecular flexibility index (Phi) is 7.14.